The van der Waals surface area contributed by atoms with Crippen LogP contribution in [0.2, 0.25) is 0 Å². The third-order valence-corrected chi connectivity index (χ3v) is 4.68. The summed E-state index contributed by atoms with van der Waals surface area (Å²) in [7, 11) is 0. The number of carbonyl (C=O) groups excluding carboxylic acids is 1. The van der Waals surface area contributed by atoms with Gasteiger partial charge in [-0.15, -0.1) is 5.10 Å². The van der Waals surface area contributed by atoms with Crippen molar-refractivity contribution in [1.29, 1.82) is 0 Å². The number of thioether (sulfide) groups is 1. The highest BCUT2D eigenvalue weighted by Gasteiger charge is 2.19. The lowest BCUT2D eigenvalue weighted by Crippen LogP contribution is -2.13. The van der Waals surface area contributed by atoms with Crippen molar-refractivity contribution in [3.63, 3.8) is 0 Å². The number of nitrogens with one attached hydrogen (secondary N) is 1. The first-order valence-corrected chi connectivity index (χ1v) is 8.68. The average Bonchev–Trinajstić information content (AvgIpc) is 3.10. The smallest absolute Gasteiger partial charge is 0.209 e. The largest absolute Gasteiger partial charge is 0.293 e. The van der Waals surface area contributed by atoms with Crippen molar-refractivity contribution < 1.29 is 4.79 Å². The van der Waals surface area contributed by atoms with Gasteiger partial charge in [-0.2, -0.15) is 0 Å². The lowest BCUT2D eigenvalue weighted by molar-refractivity contribution is 0.0994. The molecule has 2 heterocycles. The summed E-state index contributed by atoms with van der Waals surface area (Å²) in [4.78, 5) is 21.0. The zero-order valence-electron chi connectivity index (χ0n) is 13.6. The Hall–Kier alpha value is -2.47. The molecule has 0 saturated carbocycles. The van der Waals surface area contributed by atoms with Crippen LogP contribution >= 0.6 is 11.8 Å². The van der Waals surface area contributed by atoms with Crippen LogP contribution in [0.4, 0.5) is 0 Å². The molecule has 0 fully saturated rings. The van der Waals surface area contributed by atoms with Crippen molar-refractivity contribution in [2.24, 2.45) is 0 Å². The van der Waals surface area contributed by atoms with Crippen LogP contribution in [0.15, 0.2) is 53.9 Å². The van der Waals surface area contributed by atoms with Gasteiger partial charge in [0.1, 0.15) is 0 Å². The van der Waals surface area contributed by atoms with Gasteiger partial charge in [-0.05, 0) is 31.0 Å². The third kappa shape index (κ3) is 3.71. The fourth-order valence-corrected chi connectivity index (χ4v) is 3.09. The number of ketones is 1. The number of hydrogen-bond donors (Lipinski definition) is 1. The van der Waals surface area contributed by atoms with E-state index in [9.17, 15) is 4.79 Å². The number of nitrogens with zero attached hydrogens (tertiary/aromatic N) is 3. The zero-order chi connectivity index (χ0) is 16.9. The van der Waals surface area contributed by atoms with Gasteiger partial charge in [0, 0.05) is 23.5 Å². The number of benzene rings is 1. The summed E-state index contributed by atoms with van der Waals surface area (Å²) in [5, 5.41) is 7.40. The Labute approximate surface area is 144 Å². The predicted octanol–water partition coefficient (Wildman–Crippen LogP) is 3.79. The van der Waals surface area contributed by atoms with E-state index < -0.39 is 0 Å². The second-order valence-electron chi connectivity index (χ2n) is 5.38. The van der Waals surface area contributed by atoms with Crippen molar-refractivity contribution in [1.82, 2.24) is 20.2 Å². The van der Waals surface area contributed by atoms with E-state index in [0.717, 1.165) is 17.5 Å². The highest BCUT2D eigenvalue weighted by molar-refractivity contribution is 8.00. The molecule has 1 unspecified atom stereocenters. The Morgan fingerprint density at radius 2 is 1.88 bits per heavy atom. The van der Waals surface area contributed by atoms with Gasteiger partial charge in [0.25, 0.3) is 0 Å². The quantitative estimate of drug-likeness (QED) is 0.547. The van der Waals surface area contributed by atoms with Gasteiger partial charge < -0.3 is 0 Å². The monoisotopic (exact) mass is 338 g/mol. The number of carbonyl (C=O) groups is 1. The molecule has 122 valence electrons. The minimum atomic E-state index is -0.251. The topological polar surface area (TPSA) is 71.5 Å². The molecule has 0 aliphatic rings. The first kappa shape index (κ1) is 16.4. The second-order valence-corrected chi connectivity index (χ2v) is 6.69. The van der Waals surface area contributed by atoms with Crippen LogP contribution in [0.3, 0.4) is 0 Å². The minimum Gasteiger partial charge on any atom is -0.293 e. The van der Waals surface area contributed by atoms with Crippen molar-refractivity contribution in [3.05, 3.63) is 59.9 Å². The molecule has 0 saturated heterocycles. The minimum absolute atomic E-state index is 0.0814. The maximum Gasteiger partial charge on any atom is 0.209 e. The molecule has 1 N–H and O–H groups in total. The normalized spacial score (nSPS) is 12.1. The van der Waals surface area contributed by atoms with E-state index >= 15 is 0 Å². The molecular weight excluding hydrogens is 320 g/mol. The van der Waals surface area contributed by atoms with E-state index in [1.807, 2.05) is 43.3 Å². The van der Waals surface area contributed by atoms with E-state index in [0.29, 0.717) is 11.0 Å². The van der Waals surface area contributed by atoms with Gasteiger partial charge in [-0.3, -0.25) is 14.9 Å². The number of Topliss-reactive ketones (excluding diaryl/α,β-unsaturated/α-hetero) is 1. The zero-order valence-corrected chi connectivity index (χ0v) is 14.4. The van der Waals surface area contributed by atoms with Crippen LogP contribution in [-0.4, -0.2) is 31.2 Å². The molecule has 0 bridgehead atoms. The van der Waals surface area contributed by atoms with E-state index in [1.165, 1.54) is 17.3 Å². The van der Waals surface area contributed by atoms with Gasteiger partial charge in [-0.1, -0.05) is 43.0 Å². The highest BCUT2D eigenvalue weighted by Crippen LogP contribution is 2.24. The molecule has 1 atom stereocenters. The number of aryl methyl sites for hydroxylation is 1. The highest BCUT2D eigenvalue weighted by atomic mass is 32.2. The lowest BCUT2D eigenvalue weighted by atomic mass is 10.1. The maximum atomic E-state index is 12.5. The van der Waals surface area contributed by atoms with E-state index in [4.69, 9.17) is 0 Å². The molecular formula is C18H18N4OS. The number of aromatic nitrogens is 4. The summed E-state index contributed by atoms with van der Waals surface area (Å²) in [6.45, 7) is 3.97. The first-order valence-electron chi connectivity index (χ1n) is 7.80. The van der Waals surface area contributed by atoms with Crippen LogP contribution < -0.4 is 0 Å². The molecule has 6 heteroatoms. The van der Waals surface area contributed by atoms with Crippen LogP contribution in [0.5, 0.6) is 0 Å². The third-order valence-electron chi connectivity index (χ3n) is 3.72. The molecule has 0 aliphatic heterocycles. The Morgan fingerprint density at radius 1 is 1.17 bits per heavy atom. The number of H-pyrrole nitrogens is 1. The van der Waals surface area contributed by atoms with E-state index in [-0.39, 0.29) is 11.0 Å². The van der Waals surface area contributed by atoms with Gasteiger partial charge >= 0.3 is 0 Å². The van der Waals surface area contributed by atoms with Gasteiger partial charge in [0.2, 0.25) is 5.16 Å². The fourth-order valence-electron chi connectivity index (χ4n) is 2.29. The molecule has 0 spiro atoms. The Balaban J connectivity index is 1.69. The van der Waals surface area contributed by atoms with Crippen molar-refractivity contribution in [3.8, 4) is 11.4 Å². The molecule has 5 nitrogen and oxygen atoms in total. The first-order chi connectivity index (χ1) is 11.7. The molecule has 24 heavy (non-hydrogen) atoms. The number of aromatic amines is 1. The predicted molar refractivity (Wildman–Crippen MR) is 95.1 cm³/mol. The SMILES string of the molecule is CCc1ccc(C(=O)C(C)Sc2n[nH]c(-c3ccncc3)n2)cc1. The average molecular weight is 338 g/mol. The molecule has 0 amide bonds. The van der Waals surface area contributed by atoms with Crippen LogP contribution in [0.1, 0.15) is 29.8 Å². The molecule has 0 radical (unpaired) electrons. The van der Waals surface area contributed by atoms with Crippen molar-refractivity contribution in [2.75, 3.05) is 0 Å². The molecule has 2 aromatic heterocycles. The summed E-state index contributed by atoms with van der Waals surface area (Å²) in [6, 6.07) is 11.5. The Bertz CT molecular complexity index is 815. The van der Waals surface area contributed by atoms with Crippen molar-refractivity contribution >= 4 is 17.5 Å². The second kappa shape index (κ2) is 7.40. The number of rotatable bonds is 6. The molecule has 3 rings (SSSR count). The van der Waals surface area contributed by atoms with Gasteiger partial charge in [-0.25, -0.2) is 4.98 Å². The molecule has 3 aromatic rings. The Morgan fingerprint density at radius 3 is 2.54 bits per heavy atom. The van der Waals surface area contributed by atoms with E-state index in [1.54, 1.807) is 12.4 Å². The van der Waals surface area contributed by atoms with Gasteiger partial charge in [0.15, 0.2) is 11.6 Å². The molecule has 0 aliphatic carbocycles. The maximum absolute atomic E-state index is 12.5. The lowest BCUT2D eigenvalue weighted by Gasteiger charge is -2.08. The summed E-state index contributed by atoms with van der Waals surface area (Å²) in [5.41, 5.74) is 2.86. The molecule has 1 aromatic carbocycles. The van der Waals surface area contributed by atoms with Crippen LogP contribution in [-0.2, 0) is 6.42 Å². The van der Waals surface area contributed by atoms with Crippen LogP contribution in [0, 0.1) is 0 Å². The van der Waals surface area contributed by atoms with Gasteiger partial charge in [0.05, 0.1) is 5.25 Å². The van der Waals surface area contributed by atoms with Crippen molar-refractivity contribution in [2.45, 2.75) is 30.7 Å². The Kier molecular flexibility index (Phi) is 5.05. The summed E-state index contributed by atoms with van der Waals surface area (Å²) in [5.74, 6) is 0.754. The standard InChI is InChI=1S/C18H18N4OS/c1-3-13-4-6-14(7-5-13)16(23)12(2)24-18-20-17(21-22-18)15-8-10-19-11-9-15/h4-12H,3H2,1-2H3,(H,20,21,22). The summed E-state index contributed by atoms with van der Waals surface area (Å²) in [6.07, 6.45) is 4.38. The van der Waals surface area contributed by atoms with E-state index in [2.05, 4.69) is 27.1 Å². The number of hydrogen-bond acceptors (Lipinski definition) is 5. The van der Waals surface area contributed by atoms with Crippen LogP contribution in [0.25, 0.3) is 11.4 Å². The summed E-state index contributed by atoms with van der Waals surface area (Å²) >= 11 is 1.35. The fraction of sp³-hybridized carbons (Fsp3) is 0.222. The number of pyridine rings is 1. The summed E-state index contributed by atoms with van der Waals surface area (Å²) < 4.78 is 0.